The third kappa shape index (κ3) is 4.80. The van der Waals surface area contributed by atoms with Gasteiger partial charge in [-0.15, -0.1) is 0 Å². The summed E-state index contributed by atoms with van der Waals surface area (Å²) in [5, 5.41) is 4.26. The Bertz CT molecular complexity index is 916. The molecule has 0 unspecified atom stereocenters. The van der Waals surface area contributed by atoms with Gasteiger partial charge >= 0.3 is 0 Å². The van der Waals surface area contributed by atoms with Gasteiger partial charge in [0.15, 0.2) is 0 Å². The highest BCUT2D eigenvalue weighted by molar-refractivity contribution is 5.94. The fourth-order valence-corrected chi connectivity index (χ4v) is 3.10. The van der Waals surface area contributed by atoms with E-state index in [0.717, 1.165) is 30.0 Å². The average Bonchev–Trinajstić information content (AvgIpc) is 3.19. The Balaban J connectivity index is 1.63. The summed E-state index contributed by atoms with van der Waals surface area (Å²) < 4.78 is 7.77. The van der Waals surface area contributed by atoms with Crippen molar-refractivity contribution in [1.82, 2.24) is 14.7 Å². The van der Waals surface area contributed by atoms with Crippen LogP contribution < -0.4 is 4.74 Å². The molecule has 0 aliphatic rings. The summed E-state index contributed by atoms with van der Waals surface area (Å²) in [6, 6.07) is 17.7. The largest absolute Gasteiger partial charge is 0.489 e. The number of hydrogen-bond acceptors (Lipinski definition) is 3. The van der Waals surface area contributed by atoms with Crippen molar-refractivity contribution >= 4 is 5.91 Å². The lowest BCUT2D eigenvalue weighted by Crippen LogP contribution is -2.27. The van der Waals surface area contributed by atoms with Gasteiger partial charge in [-0.1, -0.05) is 31.2 Å². The highest BCUT2D eigenvalue weighted by Gasteiger charge is 2.14. The molecule has 0 N–H and O–H groups in total. The van der Waals surface area contributed by atoms with E-state index in [2.05, 4.69) is 24.2 Å². The predicted molar refractivity (Wildman–Crippen MR) is 110 cm³/mol. The van der Waals surface area contributed by atoms with E-state index in [1.54, 1.807) is 11.1 Å². The van der Waals surface area contributed by atoms with E-state index in [0.29, 0.717) is 18.7 Å². The molecule has 0 aliphatic carbocycles. The zero-order valence-electron chi connectivity index (χ0n) is 16.8. The van der Waals surface area contributed by atoms with Crippen LogP contribution in [0.3, 0.4) is 0 Å². The van der Waals surface area contributed by atoms with Gasteiger partial charge in [-0.3, -0.25) is 9.48 Å². The molecular formula is C23H27N3O2. The minimum atomic E-state index is -0.0157. The number of carbonyl (C=O) groups excluding carboxylic acids is 1. The first-order chi connectivity index (χ1) is 13.6. The van der Waals surface area contributed by atoms with Crippen molar-refractivity contribution in [2.24, 2.45) is 0 Å². The van der Waals surface area contributed by atoms with Crippen LogP contribution in [0.2, 0.25) is 0 Å². The summed E-state index contributed by atoms with van der Waals surface area (Å²) in [5.74, 6) is 0.817. The van der Waals surface area contributed by atoms with Crippen LogP contribution in [0.15, 0.2) is 60.8 Å². The van der Waals surface area contributed by atoms with E-state index in [1.165, 1.54) is 5.56 Å². The molecule has 0 spiro atoms. The molecule has 2 aromatic carbocycles. The van der Waals surface area contributed by atoms with Gasteiger partial charge in [0, 0.05) is 25.4 Å². The average molecular weight is 377 g/mol. The molecule has 1 heterocycles. The second-order valence-electron chi connectivity index (χ2n) is 6.79. The number of aromatic nitrogens is 2. The molecule has 3 aromatic rings. The monoisotopic (exact) mass is 377 g/mol. The Kier molecular flexibility index (Phi) is 6.48. The third-order valence-electron chi connectivity index (χ3n) is 4.76. The van der Waals surface area contributed by atoms with Crippen LogP contribution in [0.4, 0.5) is 0 Å². The SMILES string of the molecule is CCc1ccc(OCc2cccc(C(=O)N(C)Cc3ccnn3CC)c2)cc1. The van der Waals surface area contributed by atoms with Crippen molar-refractivity contribution < 1.29 is 9.53 Å². The van der Waals surface area contributed by atoms with Crippen molar-refractivity contribution in [2.45, 2.75) is 40.0 Å². The smallest absolute Gasteiger partial charge is 0.253 e. The minimum Gasteiger partial charge on any atom is -0.489 e. The van der Waals surface area contributed by atoms with E-state index in [-0.39, 0.29) is 5.91 Å². The van der Waals surface area contributed by atoms with Gasteiger partial charge in [0.25, 0.3) is 5.91 Å². The Morgan fingerprint density at radius 1 is 1.07 bits per heavy atom. The maximum Gasteiger partial charge on any atom is 0.253 e. The third-order valence-corrected chi connectivity index (χ3v) is 4.76. The lowest BCUT2D eigenvalue weighted by atomic mass is 10.1. The first kappa shape index (κ1) is 19.7. The lowest BCUT2D eigenvalue weighted by molar-refractivity contribution is 0.0781. The molecule has 0 bridgehead atoms. The van der Waals surface area contributed by atoms with Crippen molar-refractivity contribution in [2.75, 3.05) is 7.05 Å². The summed E-state index contributed by atoms with van der Waals surface area (Å²) in [5.41, 5.74) is 3.94. The van der Waals surface area contributed by atoms with Crippen LogP contribution in [0.5, 0.6) is 5.75 Å². The zero-order valence-corrected chi connectivity index (χ0v) is 16.8. The van der Waals surface area contributed by atoms with E-state index in [4.69, 9.17) is 4.74 Å². The second kappa shape index (κ2) is 9.22. The summed E-state index contributed by atoms with van der Waals surface area (Å²) >= 11 is 0. The molecule has 0 aliphatic heterocycles. The second-order valence-corrected chi connectivity index (χ2v) is 6.79. The van der Waals surface area contributed by atoms with E-state index >= 15 is 0 Å². The number of rotatable bonds is 8. The number of nitrogens with zero attached hydrogens (tertiary/aromatic N) is 3. The van der Waals surface area contributed by atoms with Crippen LogP contribution in [0, 0.1) is 0 Å². The number of carbonyl (C=O) groups is 1. The van der Waals surface area contributed by atoms with Crippen molar-refractivity contribution in [1.29, 1.82) is 0 Å². The Labute approximate surface area is 166 Å². The van der Waals surface area contributed by atoms with Crippen LogP contribution in [-0.4, -0.2) is 27.6 Å². The van der Waals surface area contributed by atoms with Gasteiger partial charge in [0.2, 0.25) is 0 Å². The van der Waals surface area contributed by atoms with Gasteiger partial charge in [0.05, 0.1) is 12.2 Å². The fourth-order valence-electron chi connectivity index (χ4n) is 3.10. The molecule has 0 fully saturated rings. The Morgan fingerprint density at radius 3 is 2.57 bits per heavy atom. The van der Waals surface area contributed by atoms with Crippen LogP contribution in [0.1, 0.15) is 41.0 Å². The zero-order chi connectivity index (χ0) is 19.9. The molecule has 0 saturated carbocycles. The predicted octanol–water partition coefficient (Wildman–Crippen LogP) is 4.32. The van der Waals surface area contributed by atoms with Gasteiger partial charge in [0.1, 0.15) is 12.4 Å². The van der Waals surface area contributed by atoms with E-state index < -0.39 is 0 Å². The molecule has 1 aromatic heterocycles. The summed E-state index contributed by atoms with van der Waals surface area (Å²) in [7, 11) is 1.81. The molecule has 0 atom stereocenters. The highest BCUT2D eigenvalue weighted by Crippen LogP contribution is 2.16. The highest BCUT2D eigenvalue weighted by atomic mass is 16.5. The number of aryl methyl sites for hydroxylation is 2. The Morgan fingerprint density at radius 2 is 1.86 bits per heavy atom. The maximum atomic E-state index is 12.8. The summed E-state index contributed by atoms with van der Waals surface area (Å²) in [6.45, 7) is 5.91. The van der Waals surface area contributed by atoms with Crippen molar-refractivity contribution in [3.05, 3.63) is 83.2 Å². The Hall–Kier alpha value is -3.08. The topological polar surface area (TPSA) is 47.4 Å². The fraction of sp³-hybridized carbons (Fsp3) is 0.304. The quantitative estimate of drug-likeness (QED) is 0.587. The molecule has 3 rings (SSSR count). The molecule has 1 amide bonds. The van der Waals surface area contributed by atoms with Gasteiger partial charge in [-0.2, -0.15) is 5.10 Å². The summed E-state index contributed by atoms with van der Waals surface area (Å²) in [4.78, 5) is 14.5. The van der Waals surface area contributed by atoms with Crippen molar-refractivity contribution in [3.8, 4) is 5.75 Å². The van der Waals surface area contributed by atoms with Crippen LogP contribution >= 0.6 is 0 Å². The lowest BCUT2D eigenvalue weighted by Gasteiger charge is -2.18. The molecule has 28 heavy (non-hydrogen) atoms. The number of amides is 1. The van der Waals surface area contributed by atoms with Gasteiger partial charge in [-0.25, -0.2) is 0 Å². The van der Waals surface area contributed by atoms with Crippen molar-refractivity contribution in [3.63, 3.8) is 0 Å². The van der Waals surface area contributed by atoms with E-state index in [9.17, 15) is 4.79 Å². The minimum absolute atomic E-state index is 0.0157. The molecule has 5 heteroatoms. The van der Waals surface area contributed by atoms with E-state index in [1.807, 2.05) is 61.1 Å². The van der Waals surface area contributed by atoms with Crippen LogP contribution in [0.25, 0.3) is 0 Å². The molecular weight excluding hydrogens is 350 g/mol. The first-order valence-corrected chi connectivity index (χ1v) is 9.67. The first-order valence-electron chi connectivity index (χ1n) is 9.67. The van der Waals surface area contributed by atoms with Gasteiger partial charge in [-0.05, 0) is 54.8 Å². The number of benzene rings is 2. The normalized spacial score (nSPS) is 10.7. The molecule has 146 valence electrons. The van der Waals surface area contributed by atoms with Crippen LogP contribution in [-0.2, 0) is 26.1 Å². The molecule has 0 radical (unpaired) electrons. The molecule has 5 nitrogen and oxygen atoms in total. The standard InChI is InChI=1S/C23H27N3O2/c1-4-18-9-11-22(12-10-18)28-17-19-7-6-8-20(15-19)23(27)25(3)16-21-13-14-24-26(21)5-2/h6-15H,4-5,16-17H2,1-3H3. The molecule has 0 saturated heterocycles. The summed E-state index contributed by atoms with van der Waals surface area (Å²) in [6.07, 6.45) is 2.78. The number of hydrogen-bond donors (Lipinski definition) is 0. The maximum absolute atomic E-state index is 12.8. The van der Waals surface area contributed by atoms with Gasteiger partial charge < -0.3 is 9.64 Å². The number of ether oxygens (including phenoxy) is 1.